The fourth-order valence-corrected chi connectivity index (χ4v) is 2.62. The van der Waals surface area contributed by atoms with Gasteiger partial charge in [0.1, 0.15) is 0 Å². The Morgan fingerprint density at radius 2 is 2.29 bits per heavy atom. The van der Waals surface area contributed by atoms with Gasteiger partial charge >= 0.3 is 0 Å². The minimum atomic E-state index is -0.0257. The van der Waals surface area contributed by atoms with E-state index >= 15 is 0 Å². The second-order valence-corrected chi connectivity index (χ2v) is 5.43. The Morgan fingerprint density at radius 3 is 2.94 bits per heavy atom. The molecule has 1 aliphatic heterocycles. The molecule has 1 fully saturated rings. The molecule has 1 saturated heterocycles. The molecule has 88 valence electrons. The van der Waals surface area contributed by atoms with Gasteiger partial charge in [0.05, 0.1) is 12.0 Å². The first-order chi connectivity index (χ1) is 8.13. The van der Waals surface area contributed by atoms with Crippen molar-refractivity contribution >= 4 is 45.0 Å². The zero-order valence-electron chi connectivity index (χ0n) is 9.11. The van der Waals surface area contributed by atoms with Crippen LogP contribution in [0.4, 0.5) is 0 Å². The minimum Gasteiger partial charge on any atom is -0.303 e. The molecule has 1 amide bonds. The third kappa shape index (κ3) is 3.67. The fourth-order valence-electron chi connectivity index (χ4n) is 1.37. The highest BCUT2D eigenvalue weighted by atomic mass is 79.9. The quantitative estimate of drug-likeness (QED) is 0.673. The van der Waals surface area contributed by atoms with E-state index in [0.717, 1.165) is 15.6 Å². The van der Waals surface area contributed by atoms with Crippen LogP contribution in [0.1, 0.15) is 11.1 Å². The third-order valence-electron chi connectivity index (χ3n) is 2.01. The number of carbonyl (C=O) groups is 1. The fraction of sp³-hybridized carbons (Fsp3) is 0.182. The zero-order chi connectivity index (χ0) is 12.3. The average molecular weight is 312 g/mol. The number of thioether (sulfide) groups is 1. The van der Waals surface area contributed by atoms with Gasteiger partial charge in [-0.2, -0.15) is 5.10 Å². The second kappa shape index (κ2) is 5.46. The van der Waals surface area contributed by atoms with Gasteiger partial charge in [0.2, 0.25) is 5.91 Å². The predicted octanol–water partition coefficient (Wildman–Crippen LogP) is 2.31. The Hall–Kier alpha value is -1.14. The molecule has 1 heterocycles. The molecule has 1 N–H and O–H groups in total. The maximum Gasteiger partial charge on any atom is 0.236 e. The highest BCUT2D eigenvalue weighted by Crippen LogP contribution is 2.14. The topological polar surface area (TPSA) is 53.8 Å². The number of carbonyl (C=O) groups excluding carboxylic acids is 1. The molecule has 0 unspecified atom stereocenters. The summed E-state index contributed by atoms with van der Waals surface area (Å²) in [6.07, 6.45) is 1.66. The summed E-state index contributed by atoms with van der Waals surface area (Å²) in [5.74, 6) is 0.395. The van der Waals surface area contributed by atoms with Gasteiger partial charge < -0.3 is 5.32 Å². The zero-order valence-corrected chi connectivity index (χ0v) is 11.5. The summed E-state index contributed by atoms with van der Waals surface area (Å²) in [6, 6.07) is 5.99. The van der Waals surface area contributed by atoms with Crippen LogP contribution >= 0.6 is 27.7 Å². The van der Waals surface area contributed by atoms with Crippen molar-refractivity contribution in [2.24, 2.45) is 10.2 Å². The summed E-state index contributed by atoms with van der Waals surface area (Å²) >= 11 is 4.78. The van der Waals surface area contributed by atoms with Crippen LogP contribution in [0.15, 0.2) is 32.9 Å². The Labute approximate surface area is 112 Å². The molecule has 0 radical (unpaired) electrons. The van der Waals surface area contributed by atoms with Gasteiger partial charge in [-0.15, -0.1) is 5.10 Å². The number of benzene rings is 1. The molecule has 0 bridgehead atoms. The van der Waals surface area contributed by atoms with E-state index < -0.39 is 0 Å². The van der Waals surface area contributed by atoms with Gasteiger partial charge in [-0.3, -0.25) is 4.79 Å². The highest BCUT2D eigenvalue weighted by molar-refractivity contribution is 9.10. The molecule has 1 aromatic rings. The Morgan fingerprint density at radius 1 is 1.47 bits per heavy atom. The van der Waals surface area contributed by atoms with Gasteiger partial charge in [0.25, 0.3) is 0 Å². The number of amidine groups is 1. The van der Waals surface area contributed by atoms with E-state index in [4.69, 9.17) is 0 Å². The van der Waals surface area contributed by atoms with Crippen molar-refractivity contribution in [2.45, 2.75) is 6.92 Å². The number of rotatable bonds is 2. The molecule has 17 heavy (non-hydrogen) atoms. The average Bonchev–Trinajstić information content (AvgIpc) is 2.63. The Bertz CT molecular complexity index is 493. The van der Waals surface area contributed by atoms with Crippen molar-refractivity contribution in [3.05, 3.63) is 33.8 Å². The summed E-state index contributed by atoms with van der Waals surface area (Å²) in [7, 11) is 0. The molecule has 0 spiro atoms. The lowest BCUT2D eigenvalue weighted by Gasteiger charge is -1.97. The van der Waals surface area contributed by atoms with Crippen molar-refractivity contribution in [1.82, 2.24) is 5.32 Å². The third-order valence-corrected chi connectivity index (χ3v) is 3.33. The van der Waals surface area contributed by atoms with Gasteiger partial charge in [0.15, 0.2) is 5.17 Å². The second-order valence-electron chi connectivity index (χ2n) is 3.55. The first kappa shape index (κ1) is 12.3. The van der Waals surface area contributed by atoms with Crippen LogP contribution in [-0.2, 0) is 4.79 Å². The molecule has 0 aliphatic carbocycles. The normalized spacial score (nSPS) is 18.0. The van der Waals surface area contributed by atoms with Gasteiger partial charge in [-0.25, -0.2) is 0 Å². The van der Waals surface area contributed by atoms with E-state index in [1.54, 1.807) is 6.21 Å². The number of nitrogens with one attached hydrogen (secondary N) is 1. The van der Waals surface area contributed by atoms with Crippen LogP contribution < -0.4 is 5.32 Å². The maximum atomic E-state index is 10.9. The van der Waals surface area contributed by atoms with Crippen molar-refractivity contribution in [3.8, 4) is 0 Å². The van der Waals surface area contributed by atoms with Crippen LogP contribution in [0.2, 0.25) is 0 Å². The number of hydrogen-bond acceptors (Lipinski definition) is 4. The molecule has 6 heteroatoms. The molecule has 0 aromatic heterocycles. The summed E-state index contributed by atoms with van der Waals surface area (Å²) in [5.41, 5.74) is 2.12. The lowest BCUT2D eigenvalue weighted by molar-refractivity contribution is -0.116. The van der Waals surface area contributed by atoms with E-state index in [1.165, 1.54) is 11.8 Å². The van der Waals surface area contributed by atoms with Crippen molar-refractivity contribution in [1.29, 1.82) is 0 Å². The molecular weight excluding hydrogens is 302 g/mol. The number of halogens is 1. The summed E-state index contributed by atoms with van der Waals surface area (Å²) in [4.78, 5) is 10.9. The lowest BCUT2D eigenvalue weighted by Crippen LogP contribution is -2.19. The summed E-state index contributed by atoms with van der Waals surface area (Å²) < 4.78 is 1.01. The van der Waals surface area contributed by atoms with Gasteiger partial charge in [0, 0.05) is 4.47 Å². The number of hydrogen-bond donors (Lipinski definition) is 1. The molecule has 0 atom stereocenters. The van der Waals surface area contributed by atoms with Crippen LogP contribution in [0.25, 0.3) is 0 Å². The van der Waals surface area contributed by atoms with Gasteiger partial charge in [-0.05, 0) is 30.2 Å². The van der Waals surface area contributed by atoms with Crippen LogP contribution in [-0.4, -0.2) is 23.0 Å². The number of nitrogens with zero attached hydrogens (tertiary/aromatic N) is 2. The van der Waals surface area contributed by atoms with Crippen LogP contribution in [0, 0.1) is 6.92 Å². The van der Waals surface area contributed by atoms with Crippen molar-refractivity contribution < 1.29 is 4.79 Å². The monoisotopic (exact) mass is 311 g/mol. The van der Waals surface area contributed by atoms with Crippen molar-refractivity contribution in [3.63, 3.8) is 0 Å². The maximum absolute atomic E-state index is 10.9. The molecule has 1 aromatic carbocycles. The van der Waals surface area contributed by atoms with E-state index in [-0.39, 0.29) is 5.91 Å². The highest BCUT2D eigenvalue weighted by Gasteiger charge is 2.15. The van der Waals surface area contributed by atoms with Crippen molar-refractivity contribution in [2.75, 3.05) is 5.75 Å². The molecule has 0 saturated carbocycles. The largest absolute Gasteiger partial charge is 0.303 e. The van der Waals surface area contributed by atoms with E-state index in [1.807, 2.05) is 25.1 Å². The summed E-state index contributed by atoms with van der Waals surface area (Å²) in [5, 5.41) is 11.0. The molecular formula is C11H10BrN3OS. The minimum absolute atomic E-state index is 0.0257. The summed E-state index contributed by atoms with van der Waals surface area (Å²) in [6.45, 7) is 2.01. The molecule has 1 aliphatic rings. The Kier molecular flexibility index (Phi) is 3.96. The lowest BCUT2D eigenvalue weighted by atomic mass is 10.2. The number of aryl methyl sites for hydroxylation is 1. The SMILES string of the molecule is Cc1cc(Br)cc(C=NN=C2NC(=O)CS2)c1. The molecule has 2 rings (SSSR count). The van der Waals surface area contributed by atoms with Gasteiger partial charge in [-0.1, -0.05) is 33.8 Å². The smallest absolute Gasteiger partial charge is 0.236 e. The standard InChI is InChI=1S/C11H10BrN3OS/c1-7-2-8(4-9(12)3-7)5-13-15-11-14-10(16)6-17-11/h2-5H,6H2,1H3,(H,14,15,16). The predicted molar refractivity (Wildman–Crippen MR) is 74.5 cm³/mol. The number of amides is 1. The van der Waals surface area contributed by atoms with Crippen LogP contribution in [0.5, 0.6) is 0 Å². The first-order valence-corrected chi connectivity index (χ1v) is 6.72. The first-order valence-electron chi connectivity index (χ1n) is 4.94. The van der Waals surface area contributed by atoms with E-state index in [9.17, 15) is 4.79 Å². The van der Waals surface area contributed by atoms with E-state index in [0.29, 0.717) is 10.9 Å². The molecule has 4 nitrogen and oxygen atoms in total. The Balaban J connectivity index is 2.07. The van der Waals surface area contributed by atoms with Crippen LogP contribution in [0.3, 0.4) is 0 Å². The van der Waals surface area contributed by atoms with E-state index in [2.05, 4.69) is 31.4 Å².